The van der Waals surface area contributed by atoms with Gasteiger partial charge in [-0.2, -0.15) is 52.7 Å². The first kappa shape index (κ1) is 56.4. The average Bonchev–Trinajstić information content (AvgIpc) is 3.19. The Kier molecular flexibility index (Phi) is 17.5. The van der Waals surface area contributed by atoms with Crippen LogP contribution in [-0.4, -0.2) is 34.2 Å². The molecule has 6 rings (SSSR count). The van der Waals surface area contributed by atoms with Crippen LogP contribution in [0.5, 0.6) is 11.5 Å². The van der Waals surface area contributed by atoms with Crippen molar-refractivity contribution in [3.63, 3.8) is 0 Å². The number of aromatic nitrogens is 4. The van der Waals surface area contributed by atoms with E-state index in [1.54, 1.807) is 38.7 Å². The quantitative estimate of drug-likeness (QED) is 0.0973. The van der Waals surface area contributed by atoms with Crippen molar-refractivity contribution < 1.29 is 116 Å². The van der Waals surface area contributed by atoms with Crippen LogP contribution in [0.15, 0.2) is 97.6 Å². The van der Waals surface area contributed by atoms with Crippen molar-refractivity contribution in [1.82, 2.24) is 19.9 Å². The largest absolute Gasteiger partial charge is 3.00 e. The summed E-state index contributed by atoms with van der Waals surface area (Å²) in [6, 6.07) is 15.9. The molecule has 0 saturated carbocycles. The summed E-state index contributed by atoms with van der Waals surface area (Å²) in [5.41, 5.74) is -4.39. The predicted molar refractivity (Wildman–Crippen MR) is 191 cm³/mol. The van der Waals surface area contributed by atoms with E-state index in [0.29, 0.717) is 36.7 Å². The van der Waals surface area contributed by atoms with Crippen molar-refractivity contribution in [3.05, 3.63) is 144 Å². The Bertz CT molecular complexity index is 2360. The zero-order chi connectivity index (χ0) is 49.5. The zero-order valence-corrected chi connectivity index (χ0v) is 35.5. The molecular formula is C38H22F20IrN4O2P. The van der Waals surface area contributed by atoms with Crippen LogP contribution in [0.3, 0.4) is 0 Å². The van der Waals surface area contributed by atoms with E-state index < -0.39 is 77.5 Å². The van der Waals surface area contributed by atoms with Gasteiger partial charge in [0.2, 0.25) is 0 Å². The first-order valence-corrected chi connectivity index (χ1v) is 18.7. The van der Waals surface area contributed by atoms with E-state index in [0.717, 1.165) is 35.0 Å². The third-order valence-electron chi connectivity index (χ3n) is 7.33. The summed E-state index contributed by atoms with van der Waals surface area (Å²) in [5, 5.41) is 0. The SMILES string of the molecule is COc1ccnc(-c2cc(OC)ccn2)c1.F[P-](F)(F)(F)(F)F.Fc1cc(C(F)(F)F)c[c-]c1-c1ccc(C(F)(F)F)cn1.Fc1cc(C(F)(F)F)c[c-]c1-c1ccc(C(F)(F)F)cn1.[Ir+3]. The fourth-order valence-corrected chi connectivity index (χ4v) is 4.43. The number of ether oxygens (including phenoxy) is 2. The maximum absolute atomic E-state index is 13.6. The van der Waals surface area contributed by atoms with Crippen LogP contribution in [-0.2, 0) is 44.8 Å². The van der Waals surface area contributed by atoms with Gasteiger partial charge in [0.05, 0.1) is 36.7 Å². The van der Waals surface area contributed by atoms with E-state index in [-0.39, 0.29) is 43.6 Å². The Morgan fingerprint density at radius 1 is 0.439 bits per heavy atom. The monoisotopic (exact) mass is 1170 g/mol. The Morgan fingerprint density at radius 3 is 0.970 bits per heavy atom. The van der Waals surface area contributed by atoms with E-state index in [2.05, 4.69) is 19.9 Å². The van der Waals surface area contributed by atoms with Crippen LogP contribution in [0.1, 0.15) is 22.3 Å². The smallest absolute Gasteiger partial charge is 0.304 e. The molecule has 2 aromatic carbocycles. The van der Waals surface area contributed by atoms with Crippen molar-refractivity contribution in [2.75, 3.05) is 14.2 Å². The third-order valence-corrected chi connectivity index (χ3v) is 7.33. The zero-order valence-electron chi connectivity index (χ0n) is 32.2. The standard InChI is InChI=1S/2C13H5F7N.C12H12N2O2.F6P.Ir/c2*14-10-5-7(12(15,16)17)1-3-9(10)11-4-2-8(6-21-11)13(18,19)20;1-15-9-3-5-13-11(7-9)12-8-10(16-2)4-6-14-12;1-7(2,3,4,5)6;/h2*1-2,4-6H;3-8H,1-2H3;;/q2*-1;;-1;+3. The molecule has 0 radical (unpaired) electrons. The second kappa shape index (κ2) is 20.5. The van der Waals surface area contributed by atoms with Gasteiger partial charge in [-0.1, -0.05) is 47.5 Å². The summed E-state index contributed by atoms with van der Waals surface area (Å²) in [5.74, 6) is -1.02. The molecule has 0 aliphatic heterocycles. The number of methoxy groups -OCH3 is 2. The average molecular weight is 1170 g/mol. The Hall–Kier alpha value is -5.68. The minimum atomic E-state index is -10.7. The maximum Gasteiger partial charge on any atom is 3.00 e. The number of hydrogen-bond donors (Lipinski definition) is 0. The number of nitrogens with zero attached hydrogens (tertiary/aromatic N) is 4. The van der Waals surface area contributed by atoms with E-state index in [4.69, 9.17) is 9.47 Å². The molecule has 0 aliphatic carbocycles. The third kappa shape index (κ3) is 19.0. The molecule has 4 heterocycles. The van der Waals surface area contributed by atoms with Gasteiger partial charge in [-0.3, -0.25) is 18.7 Å². The Morgan fingerprint density at radius 2 is 0.742 bits per heavy atom. The molecule has 6 aromatic rings. The first-order valence-electron chi connectivity index (χ1n) is 16.7. The second-order valence-corrected chi connectivity index (χ2v) is 14.1. The minimum Gasteiger partial charge on any atom is -0.304 e. The van der Waals surface area contributed by atoms with Gasteiger partial charge in [0.25, 0.3) is 0 Å². The normalized spacial score (nSPS) is 12.8. The Labute approximate surface area is 371 Å². The number of rotatable bonds is 5. The van der Waals surface area contributed by atoms with Gasteiger partial charge in [-0.05, 0) is 34.6 Å². The predicted octanol–water partition coefficient (Wildman–Crippen LogP) is 15.0. The molecule has 0 N–H and O–H groups in total. The van der Waals surface area contributed by atoms with E-state index in [1.165, 1.54) is 0 Å². The van der Waals surface area contributed by atoms with Crippen molar-refractivity contribution in [2.45, 2.75) is 24.7 Å². The summed E-state index contributed by atoms with van der Waals surface area (Å²) in [6.07, 6.45) is -14.3. The molecular weight excluding hydrogens is 1150 g/mol. The summed E-state index contributed by atoms with van der Waals surface area (Å²) >= 11 is 0. The number of hydrogen-bond acceptors (Lipinski definition) is 6. The molecule has 0 atom stereocenters. The van der Waals surface area contributed by atoms with Crippen molar-refractivity contribution in [1.29, 1.82) is 0 Å². The molecule has 28 heteroatoms. The maximum atomic E-state index is 13.6. The van der Waals surface area contributed by atoms with Crippen LogP contribution < -0.4 is 9.47 Å². The van der Waals surface area contributed by atoms with E-state index >= 15 is 0 Å². The van der Waals surface area contributed by atoms with Crippen LogP contribution in [0.2, 0.25) is 0 Å². The molecule has 4 aromatic heterocycles. The van der Waals surface area contributed by atoms with Crippen molar-refractivity contribution in [3.8, 4) is 45.4 Å². The Balaban J connectivity index is 0.000000317. The topological polar surface area (TPSA) is 70.0 Å². The summed E-state index contributed by atoms with van der Waals surface area (Å²) in [7, 11) is -7.41. The molecule has 0 unspecified atom stereocenters. The fraction of sp³-hybridized carbons (Fsp3) is 0.158. The van der Waals surface area contributed by atoms with Gasteiger partial charge in [-0.15, -0.1) is 24.3 Å². The molecule has 6 nitrogen and oxygen atoms in total. The number of pyridine rings is 4. The minimum absolute atomic E-state index is 0. The van der Waals surface area contributed by atoms with E-state index in [9.17, 15) is 86.6 Å². The summed E-state index contributed by atoms with van der Waals surface area (Å²) in [4.78, 5) is 15.3. The fourth-order valence-electron chi connectivity index (χ4n) is 4.43. The van der Waals surface area contributed by atoms with Gasteiger partial charge in [0.15, 0.2) is 0 Å². The molecule has 360 valence electrons. The van der Waals surface area contributed by atoms with E-state index in [1.807, 2.05) is 24.3 Å². The van der Waals surface area contributed by atoms with Gasteiger partial charge in [0, 0.05) is 48.6 Å². The van der Waals surface area contributed by atoms with Crippen molar-refractivity contribution >= 4 is 7.81 Å². The molecule has 0 aliphatic rings. The van der Waals surface area contributed by atoms with Crippen molar-refractivity contribution in [2.24, 2.45) is 0 Å². The molecule has 0 amide bonds. The number of alkyl halides is 12. The molecule has 66 heavy (non-hydrogen) atoms. The summed E-state index contributed by atoms with van der Waals surface area (Å²) < 4.78 is 245. The van der Waals surface area contributed by atoms with Gasteiger partial charge in [-0.25, -0.2) is 0 Å². The molecule has 0 saturated heterocycles. The van der Waals surface area contributed by atoms with Gasteiger partial charge in [0.1, 0.15) is 11.5 Å². The second-order valence-electron chi connectivity index (χ2n) is 12.2. The van der Waals surface area contributed by atoms with Crippen LogP contribution in [0.4, 0.5) is 86.6 Å². The molecule has 0 fully saturated rings. The van der Waals surface area contributed by atoms with Gasteiger partial charge < -0.3 is 19.4 Å². The number of halogens is 20. The molecule has 0 bridgehead atoms. The van der Waals surface area contributed by atoms with Crippen LogP contribution in [0.25, 0.3) is 33.9 Å². The van der Waals surface area contributed by atoms with Crippen LogP contribution in [0, 0.1) is 23.8 Å². The summed E-state index contributed by atoms with van der Waals surface area (Å²) in [6.45, 7) is 0. The van der Waals surface area contributed by atoms with Crippen LogP contribution >= 0.6 is 7.81 Å². The molecule has 0 spiro atoms. The number of benzene rings is 2. The first-order chi connectivity index (χ1) is 29.5. The van der Waals surface area contributed by atoms with Gasteiger partial charge >= 0.3 is 77.8 Å².